The molecule has 0 bridgehead atoms. The molecule has 0 radical (unpaired) electrons. The van der Waals surface area contributed by atoms with E-state index in [2.05, 4.69) is 0 Å². The minimum atomic E-state index is -0.467. The monoisotopic (exact) mass is 373 g/mol. The van der Waals surface area contributed by atoms with E-state index in [9.17, 15) is 10.0 Å². The number of aryl methyl sites for hydroxylation is 1. The predicted molar refractivity (Wildman–Crippen MR) is 99.0 cm³/mol. The zero-order chi connectivity index (χ0) is 17.8. The second-order valence-electron chi connectivity index (χ2n) is 5.49. The number of ether oxygens (including phenoxy) is 1. The van der Waals surface area contributed by atoms with Crippen molar-refractivity contribution in [2.45, 2.75) is 23.3 Å². The number of nitrogens with zero attached hydrogens (tertiary/aromatic N) is 1. The molecule has 0 unspecified atom stereocenters. The Balaban J connectivity index is 1.72. The number of hydrogen-bond donors (Lipinski definition) is 1. The van der Waals surface area contributed by atoms with Crippen LogP contribution in [0.2, 0.25) is 5.02 Å². The van der Waals surface area contributed by atoms with Crippen molar-refractivity contribution in [3.05, 3.63) is 87.3 Å². The largest absolute Gasteiger partial charge is 0.487 e. The lowest BCUT2D eigenvalue weighted by Gasteiger charge is -2.10. The Bertz CT molecular complexity index is 938. The van der Waals surface area contributed by atoms with E-state index in [4.69, 9.17) is 16.3 Å². The molecule has 0 spiro atoms. The van der Waals surface area contributed by atoms with Crippen LogP contribution in [-0.4, -0.2) is 9.94 Å². The summed E-state index contributed by atoms with van der Waals surface area (Å²) in [6, 6.07) is 18.3. The highest BCUT2D eigenvalue weighted by molar-refractivity contribution is 7.99. The van der Waals surface area contributed by atoms with Gasteiger partial charge in [-0.15, -0.1) is 4.73 Å². The van der Waals surface area contributed by atoms with Gasteiger partial charge in [-0.25, -0.2) is 0 Å². The number of halogens is 1. The fraction of sp³-hybridized carbons (Fsp3) is 0.105. The van der Waals surface area contributed by atoms with Gasteiger partial charge in [-0.1, -0.05) is 29.4 Å². The summed E-state index contributed by atoms with van der Waals surface area (Å²) in [7, 11) is 0. The number of rotatable bonds is 5. The van der Waals surface area contributed by atoms with E-state index in [1.807, 2.05) is 48.5 Å². The zero-order valence-corrected chi connectivity index (χ0v) is 15.1. The average Bonchev–Trinajstić information content (AvgIpc) is 2.59. The van der Waals surface area contributed by atoms with Crippen LogP contribution in [-0.2, 0) is 6.61 Å². The van der Waals surface area contributed by atoms with Crippen LogP contribution in [0.3, 0.4) is 0 Å². The van der Waals surface area contributed by atoms with Gasteiger partial charge in [0.1, 0.15) is 12.4 Å². The molecule has 25 heavy (non-hydrogen) atoms. The summed E-state index contributed by atoms with van der Waals surface area (Å²) >= 11 is 7.50. The Hall–Kier alpha value is -2.37. The summed E-state index contributed by atoms with van der Waals surface area (Å²) < 4.78 is 6.34. The zero-order valence-electron chi connectivity index (χ0n) is 13.5. The van der Waals surface area contributed by atoms with Crippen LogP contribution in [0, 0.1) is 6.92 Å². The third-order valence-electron chi connectivity index (χ3n) is 3.47. The van der Waals surface area contributed by atoms with E-state index in [0.717, 1.165) is 15.4 Å². The maximum atomic E-state index is 11.6. The van der Waals surface area contributed by atoms with Crippen LogP contribution < -0.4 is 10.3 Å². The smallest absolute Gasteiger partial charge is 0.283 e. The molecule has 0 atom stereocenters. The quantitative estimate of drug-likeness (QED) is 0.654. The van der Waals surface area contributed by atoms with E-state index < -0.39 is 5.56 Å². The predicted octanol–water partition coefficient (Wildman–Crippen LogP) is 4.78. The summed E-state index contributed by atoms with van der Waals surface area (Å²) in [5.74, 6) is 0.660. The second-order valence-corrected chi connectivity index (χ2v) is 7.08. The van der Waals surface area contributed by atoms with Gasteiger partial charge in [0.2, 0.25) is 0 Å². The number of aromatic nitrogens is 1. The maximum Gasteiger partial charge on any atom is 0.283 e. The summed E-state index contributed by atoms with van der Waals surface area (Å²) in [6.07, 6.45) is 0. The topological polar surface area (TPSA) is 51.5 Å². The van der Waals surface area contributed by atoms with Gasteiger partial charge < -0.3 is 9.94 Å². The molecule has 3 aromatic rings. The Kier molecular flexibility index (Phi) is 5.36. The fourth-order valence-electron chi connectivity index (χ4n) is 2.29. The van der Waals surface area contributed by atoms with Crippen molar-refractivity contribution in [3.63, 3.8) is 0 Å². The van der Waals surface area contributed by atoms with Gasteiger partial charge in [-0.2, -0.15) is 0 Å². The highest BCUT2D eigenvalue weighted by atomic mass is 35.5. The summed E-state index contributed by atoms with van der Waals surface area (Å²) in [6.45, 7) is 1.90. The van der Waals surface area contributed by atoms with Crippen molar-refractivity contribution in [2.24, 2.45) is 0 Å². The standard InChI is InChI=1S/C19H16ClNO3S/c1-13-9-15(21(23)19(22)10-13)12-24-16-3-2-4-18(11-16)25-17-7-5-14(20)6-8-17/h2-11,23H,12H2,1H3. The molecule has 0 saturated heterocycles. The maximum absolute atomic E-state index is 11.6. The second kappa shape index (κ2) is 7.68. The van der Waals surface area contributed by atoms with E-state index in [1.54, 1.807) is 24.8 Å². The molecule has 2 aromatic carbocycles. The molecule has 0 aliphatic rings. The van der Waals surface area contributed by atoms with Crippen molar-refractivity contribution >= 4 is 23.4 Å². The molecule has 6 heteroatoms. The average molecular weight is 374 g/mol. The van der Waals surface area contributed by atoms with E-state index in [-0.39, 0.29) is 6.61 Å². The molecule has 4 nitrogen and oxygen atoms in total. The molecule has 0 fully saturated rings. The summed E-state index contributed by atoms with van der Waals surface area (Å²) in [5.41, 5.74) is 0.715. The van der Waals surface area contributed by atoms with Crippen LogP contribution in [0.15, 0.2) is 75.2 Å². The van der Waals surface area contributed by atoms with E-state index >= 15 is 0 Å². The van der Waals surface area contributed by atoms with Gasteiger partial charge >= 0.3 is 0 Å². The van der Waals surface area contributed by atoms with Crippen LogP contribution in [0.1, 0.15) is 11.3 Å². The first-order valence-corrected chi connectivity index (χ1v) is 8.79. The molecule has 1 aromatic heterocycles. The van der Waals surface area contributed by atoms with Crippen molar-refractivity contribution in [1.29, 1.82) is 0 Å². The van der Waals surface area contributed by atoms with Crippen molar-refractivity contribution < 1.29 is 9.94 Å². The van der Waals surface area contributed by atoms with Gasteiger partial charge in [0.15, 0.2) is 0 Å². The molecular weight excluding hydrogens is 358 g/mol. The van der Waals surface area contributed by atoms with Gasteiger partial charge in [-0.3, -0.25) is 4.79 Å². The Labute approximate surface area is 154 Å². The molecule has 0 saturated carbocycles. The lowest BCUT2D eigenvalue weighted by atomic mass is 10.2. The first-order chi connectivity index (χ1) is 12.0. The molecule has 128 valence electrons. The van der Waals surface area contributed by atoms with Gasteiger partial charge in [0.05, 0.1) is 5.69 Å². The van der Waals surface area contributed by atoms with Crippen molar-refractivity contribution in [1.82, 2.24) is 4.73 Å². The lowest BCUT2D eigenvalue weighted by molar-refractivity contribution is 0.147. The number of benzene rings is 2. The van der Waals surface area contributed by atoms with Crippen LogP contribution in [0.25, 0.3) is 0 Å². The Morgan fingerprint density at radius 2 is 1.84 bits per heavy atom. The van der Waals surface area contributed by atoms with Crippen LogP contribution in [0.4, 0.5) is 0 Å². The van der Waals surface area contributed by atoms with E-state index in [0.29, 0.717) is 21.2 Å². The molecule has 1 N–H and O–H groups in total. The molecule has 0 aliphatic heterocycles. The Morgan fingerprint density at radius 3 is 2.60 bits per heavy atom. The summed E-state index contributed by atoms with van der Waals surface area (Å²) in [5, 5.41) is 10.5. The molecular formula is C19H16ClNO3S. The molecule has 0 amide bonds. The van der Waals surface area contributed by atoms with Gasteiger partial charge in [-0.05, 0) is 61.0 Å². The van der Waals surface area contributed by atoms with E-state index in [1.165, 1.54) is 6.07 Å². The van der Waals surface area contributed by atoms with Crippen molar-refractivity contribution in [3.8, 4) is 5.75 Å². The Morgan fingerprint density at radius 1 is 1.08 bits per heavy atom. The molecule has 1 heterocycles. The van der Waals surface area contributed by atoms with Crippen LogP contribution in [0.5, 0.6) is 5.75 Å². The summed E-state index contributed by atoms with van der Waals surface area (Å²) in [4.78, 5) is 13.7. The SMILES string of the molecule is Cc1cc(COc2cccc(Sc3ccc(Cl)cc3)c2)n(O)c(=O)c1. The third-order valence-corrected chi connectivity index (χ3v) is 4.72. The minimum absolute atomic E-state index is 0.0997. The van der Waals surface area contributed by atoms with Crippen LogP contribution >= 0.6 is 23.4 Å². The third kappa shape index (κ3) is 4.59. The molecule has 0 aliphatic carbocycles. The number of pyridine rings is 1. The van der Waals surface area contributed by atoms with Crippen molar-refractivity contribution in [2.75, 3.05) is 0 Å². The number of hydrogen-bond acceptors (Lipinski definition) is 4. The fourth-order valence-corrected chi connectivity index (χ4v) is 3.28. The first kappa shape index (κ1) is 17.5. The van der Waals surface area contributed by atoms with Gasteiger partial charge in [0, 0.05) is 20.9 Å². The normalized spacial score (nSPS) is 10.6. The van der Waals surface area contributed by atoms with Gasteiger partial charge in [0.25, 0.3) is 5.56 Å². The lowest BCUT2D eigenvalue weighted by Crippen LogP contribution is -2.21. The first-order valence-electron chi connectivity index (χ1n) is 7.59. The minimum Gasteiger partial charge on any atom is -0.487 e. The molecule has 3 rings (SSSR count). The highest BCUT2D eigenvalue weighted by Gasteiger charge is 2.06. The highest BCUT2D eigenvalue weighted by Crippen LogP contribution is 2.30.